The Kier molecular flexibility index (Phi) is 7.10. The number of rotatable bonds is 5. The van der Waals surface area contributed by atoms with E-state index in [0.717, 1.165) is 20.9 Å². The maximum atomic E-state index is 13.4. The Bertz CT molecular complexity index is 1210. The van der Waals surface area contributed by atoms with Crippen molar-refractivity contribution in [3.05, 3.63) is 63.6 Å². The van der Waals surface area contributed by atoms with Gasteiger partial charge in [-0.15, -0.1) is 0 Å². The van der Waals surface area contributed by atoms with E-state index in [2.05, 4.69) is 26.1 Å². The van der Waals surface area contributed by atoms with Crippen LogP contribution >= 0.6 is 27.5 Å². The number of anilines is 2. The standard InChI is InChI=1S/C25H25BrClN3O3/c1-3-22(31)30-12-10-29(11-13-30)21-9-8-17(27)15-20(21)28-25(32)19-14-16-6-4-5-7-18(16)23(26)24(19)33-2/h4-9,14-15H,3,10-13H2,1-2H3,(H,28,32). The average molecular weight is 531 g/mol. The number of nitrogens with zero attached hydrogens (tertiary/aromatic N) is 2. The van der Waals surface area contributed by atoms with Crippen LogP contribution in [0, 0.1) is 0 Å². The predicted molar refractivity (Wildman–Crippen MR) is 137 cm³/mol. The van der Waals surface area contributed by atoms with Gasteiger partial charge < -0.3 is 19.9 Å². The van der Waals surface area contributed by atoms with Gasteiger partial charge in [0.2, 0.25) is 5.91 Å². The van der Waals surface area contributed by atoms with E-state index in [1.807, 2.05) is 54.3 Å². The van der Waals surface area contributed by atoms with Gasteiger partial charge in [0, 0.05) is 37.6 Å². The summed E-state index contributed by atoms with van der Waals surface area (Å²) in [7, 11) is 1.55. The molecule has 4 rings (SSSR count). The van der Waals surface area contributed by atoms with Gasteiger partial charge in [-0.25, -0.2) is 0 Å². The third-order valence-corrected chi connectivity index (χ3v) is 6.89. The lowest BCUT2D eigenvalue weighted by Gasteiger charge is -2.37. The van der Waals surface area contributed by atoms with Crippen LogP contribution in [-0.4, -0.2) is 50.0 Å². The normalized spacial score (nSPS) is 13.8. The summed E-state index contributed by atoms with van der Waals surface area (Å²) in [6, 6.07) is 15.1. The quantitative estimate of drug-likeness (QED) is 0.468. The van der Waals surface area contributed by atoms with Crippen molar-refractivity contribution in [1.29, 1.82) is 0 Å². The minimum atomic E-state index is -0.290. The third-order valence-electron chi connectivity index (χ3n) is 5.87. The van der Waals surface area contributed by atoms with E-state index in [0.29, 0.717) is 54.6 Å². The Morgan fingerprint density at radius 1 is 1.09 bits per heavy atom. The van der Waals surface area contributed by atoms with E-state index in [4.69, 9.17) is 16.3 Å². The fraction of sp³-hybridized carbons (Fsp3) is 0.280. The molecule has 1 N–H and O–H groups in total. The summed E-state index contributed by atoms with van der Waals surface area (Å²) in [6.07, 6.45) is 0.505. The molecule has 2 amide bonds. The molecule has 3 aromatic rings. The van der Waals surface area contributed by atoms with Gasteiger partial charge in [0.1, 0.15) is 5.75 Å². The first-order valence-electron chi connectivity index (χ1n) is 10.8. The highest BCUT2D eigenvalue weighted by atomic mass is 79.9. The molecule has 0 aromatic heterocycles. The van der Waals surface area contributed by atoms with Gasteiger partial charge in [0.25, 0.3) is 5.91 Å². The minimum Gasteiger partial charge on any atom is -0.495 e. The average Bonchev–Trinajstić information content (AvgIpc) is 2.83. The third kappa shape index (κ3) is 4.80. The number of halogens is 2. The number of benzene rings is 3. The summed E-state index contributed by atoms with van der Waals surface area (Å²) in [4.78, 5) is 29.5. The first kappa shape index (κ1) is 23.4. The second-order valence-electron chi connectivity index (χ2n) is 7.83. The highest BCUT2D eigenvalue weighted by Gasteiger charge is 2.24. The molecule has 1 aliphatic heterocycles. The topological polar surface area (TPSA) is 61.9 Å². The summed E-state index contributed by atoms with van der Waals surface area (Å²) in [5, 5.41) is 5.45. The van der Waals surface area contributed by atoms with Gasteiger partial charge in [-0.05, 0) is 51.0 Å². The zero-order chi connectivity index (χ0) is 23.5. The highest BCUT2D eigenvalue weighted by molar-refractivity contribution is 9.10. The first-order valence-corrected chi connectivity index (χ1v) is 12.0. The fourth-order valence-electron chi connectivity index (χ4n) is 4.15. The molecule has 3 aromatic carbocycles. The Labute approximate surface area is 206 Å². The van der Waals surface area contributed by atoms with Crippen LogP contribution in [0.5, 0.6) is 5.75 Å². The molecule has 33 heavy (non-hydrogen) atoms. The Morgan fingerprint density at radius 3 is 2.52 bits per heavy atom. The van der Waals surface area contributed by atoms with Gasteiger partial charge in [0.15, 0.2) is 0 Å². The van der Waals surface area contributed by atoms with Crippen LogP contribution in [0.2, 0.25) is 5.02 Å². The molecule has 0 spiro atoms. The number of ether oxygens (including phenoxy) is 1. The molecular weight excluding hydrogens is 506 g/mol. The molecular formula is C25H25BrClN3O3. The summed E-state index contributed by atoms with van der Waals surface area (Å²) in [5.74, 6) is 0.344. The summed E-state index contributed by atoms with van der Waals surface area (Å²) in [6.45, 7) is 4.53. The van der Waals surface area contributed by atoms with Crippen molar-refractivity contribution >= 4 is 61.5 Å². The number of carbonyl (C=O) groups is 2. The van der Waals surface area contributed by atoms with Crippen molar-refractivity contribution in [1.82, 2.24) is 4.90 Å². The number of fused-ring (bicyclic) bond motifs is 1. The second-order valence-corrected chi connectivity index (χ2v) is 9.06. The Morgan fingerprint density at radius 2 is 1.82 bits per heavy atom. The van der Waals surface area contributed by atoms with Gasteiger partial charge in [-0.3, -0.25) is 9.59 Å². The first-order chi connectivity index (χ1) is 15.9. The van der Waals surface area contributed by atoms with Crippen LogP contribution in [0.3, 0.4) is 0 Å². The maximum absolute atomic E-state index is 13.4. The molecule has 0 unspecified atom stereocenters. The lowest BCUT2D eigenvalue weighted by molar-refractivity contribution is -0.131. The summed E-state index contributed by atoms with van der Waals surface area (Å²) >= 11 is 9.87. The molecule has 1 fully saturated rings. The minimum absolute atomic E-state index is 0.160. The van der Waals surface area contributed by atoms with Gasteiger partial charge in [-0.1, -0.05) is 42.8 Å². The molecule has 1 saturated heterocycles. The lowest BCUT2D eigenvalue weighted by Crippen LogP contribution is -2.48. The van der Waals surface area contributed by atoms with Gasteiger partial charge in [-0.2, -0.15) is 0 Å². The molecule has 1 heterocycles. The van der Waals surface area contributed by atoms with E-state index in [-0.39, 0.29) is 11.8 Å². The molecule has 0 bridgehead atoms. The van der Waals surface area contributed by atoms with E-state index in [1.54, 1.807) is 13.2 Å². The zero-order valence-corrected chi connectivity index (χ0v) is 20.9. The number of hydrogen-bond acceptors (Lipinski definition) is 4. The smallest absolute Gasteiger partial charge is 0.259 e. The van der Waals surface area contributed by atoms with Crippen LogP contribution in [0.15, 0.2) is 53.0 Å². The van der Waals surface area contributed by atoms with Crippen molar-refractivity contribution in [2.75, 3.05) is 43.5 Å². The number of methoxy groups -OCH3 is 1. The molecule has 1 aliphatic rings. The Balaban J connectivity index is 1.63. The van der Waals surface area contributed by atoms with Crippen LogP contribution in [0.1, 0.15) is 23.7 Å². The SMILES string of the molecule is CCC(=O)N1CCN(c2ccc(Cl)cc2NC(=O)c2cc3ccccc3c(Br)c2OC)CC1. The van der Waals surface area contributed by atoms with Crippen LogP contribution in [0.4, 0.5) is 11.4 Å². The van der Waals surface area contributed by atoms with E-state index < -0.39 is 0 Å². The number of hydrogen-bond donors (Lipinski definition) is 1. The van der Waals surface area contributed by atoms with Crippen LogP contribution in [0.25, 0.3) is 10.8 Å². The summed E-state index contributed by atoms with van der Waals surface area (Å²) < 4.78 is 6.31. The summed E-state index contributed by atoms with van der Waals surface area (Å²) in [5.41, 5.74) is 1.91. The molecule has 6 nitrogen and oxygen atoms in total. The van der Waals surface area contributed by atoms with Crippen LogP contribution < -0.4 is 15.0 Å². The van der Waals surface area contributed by atoms with Crippen molar-refractivity contribution in [2.24, 2.45) is 0 Å². The van der Waals surface area contributed by atoms with E-state index >= 15 is 0 Å². The largest absolute Gasteiger partial charge is 0.495 e. The molecule has 0 aliphatic carbocycles. The monoisotopic (exact) mass is 529 g/mol. The molecule has 8 heteroatoms. The number of carbonyl (C=O) groups excluding carboxylic acids is 2. The lowest BCUT2D eigenvalue weighted by atomic mass is 10.0. The maximum Gasteiger partial charge on any atom is 0.259 e. The van der Waals surface area contributed by atoms with Crippen molar-refractivity contribution < 1.29 is 14.3 Å². The highest BCUT2D eigenvalue weighted by Crippen LogP contribution is 2.38. The number of amides is 2. The molecule has 0 radical (unpaired) electrons. The molecule has 0 saturated carbocycles. The Hall–Kier alpha value is -2.77. The second kappa shape index (κ2) is 10.0. The zero-order valence-electron chi connectivity index (χ0n) is 18.5. The van der Waals surface area contributed by atoms with Crippen molar-refractivity contribution in [3.63, 3.8) is 0 Å². The molecule has 172 valence electrons. The number of piperazine rings is 1. The number of nitrogens with one attached hydrogen (secondary N) is 1. The van der Waals surface area contributed by atoms with Crippen molar-refractivity contribution in [3.8, 4) is 5.75 Å². The van der Waals surface area contributed by atoms with Crippen molar-refractivity contribution in [2.45, 2.75) is 13.3 Å². The van der Waals surface area contributed by atoms with Crippen LogP contribution in [-0.2, 0) is 4.79 Å². The van der Waals surface area contributed by atoms with Gasteiger partial charge >= 0.3 is 0 Å². The van der Waals surface area contributed by atoms with E-state index in [9.17, 15) is 9.59 Å². The van der Waals surface area contributed by atoms with Gasteiger partial charge in [0.05, 0.1) is 28.5 Å². The predicted octanol–water partition coefficient (Wildman–Crippen LogP) is 5.58. The fourth-order valence-corrected chi connectivity index (χ4v) is 5.06. The van der Waals surface area contributed by atoms with E-state index in [1.165, 1.54) is 0 Å². The molecule has 0 atom stereocenters.